The molecule has 1 heterocycles. The molecule has 2 amide bonds. The van der Waals surface area contributed by atoms with Crippen molar-refractivity contribution >= 4 is 17.6 Å². The summed E-state index contributed by atoms with van der Waals surface area (Å²) in [6.07, 6.45) is 1.55. The van der Waals surface area contributed by atoms with Crippen molar-refractivity contribution in [1.82, 2.24) is 4.90 Å². The van der Waals surface area contributed by atoms with Gasteiger partial charge in [-0.2, -0.15) is 0 Å². The van der Waals surface area contributed by atoms with Crippen molar-refractivity contribution in [3.05, 3.63) is 30.1 Å². The van der Waals surface area contributed by atoms with Gasteiger partial charge in [0.05, 0.1) is 6.04 Å². The zero-order valence-electron chi connectivity index (χ0n) is 9.82. The summed E-state index contributed by atoms with van der Waals surface area (Å²) in [6.45, 7) is 0.581. The zero-order valence-corrected chi connectivity index (χ0v) is 9.82. The van der Waals surface area contributed by atoms with E-state index in [1.54, 1.807) is 0 Å². The van der Waals surface area contributed by atoms with Gasteiger partial charge in [0.25, 0.3) is 0 Å². The number of amides is 2. The van der Waals surface area contributed by atoms with Gasteiger partial charge in [-0.25, -0.2) is 9.18 Å². The second-order valence-corrected chi connectivity index (χ2v) is 4.24. The number of hydrogen-bond donors (Lipinski definition) is 3. The van der Waals surface area contributed by atoms with Crippen molar-refractivity contribution in [3.63, 3.8) is 0 Å². The molecule has 1 aromatic carbocycles. The zero-order chi connectivity index (χ0) is 13.1. The topological polar surface area (TPSA) is 82.2 Å². The second kappa shape index (κ2) is 5.03. The molecule has 0 aromatic heterocycles. The lowest BCUT2D eigenvalue weighted by Crippen LogP contribution is -2.45. The molecular weight excluding hydrogens is 235 g/mol. The Hall–Kier alpha value is -2.11. The number of nitrogens with zero attached hydrogens (tertiary/aromatic N) is 1. The lowest BCUT2D eigenvalue weighted by atomic mass is 10.2. The molecular formula is C12H15FN4O. The largest absolute Gasteiger partial charge is 0.386 e. The van der Waals surface area contributed by atoms with Gasteiger partial charge in [-0.15, -0.1) is 0 Å². The van der Waals surface area contributed by atoms with Crippen LogP contribution in [0.25, 0.3) is 0 Å². The average Bonchev–Trinajstić information content (AvgIpc) is 2.81. The SMILES string of the molecule is N=C(N)C1CCCN1C(=O)Nc1ccc(F)cc1. The molecule has 0 bridgehead atoms. The van der Waals surface area contributed by atoms with Crippen molar-refractivity contribution in [3.8, 4) is 0 Å². The Balaban J connectivity index is 2.03. The Bertz CT molecular complexity index is 460. The standard InChI is InChI=1S/C12H15FN4O/c13-8-3-5-9(6-4-8)16-12(18)17-7-1-2-10(17)11(14)15/h3-6,10H,1-2,7H2,(H3,14,15)(H,16,18). The first-order valence-electron chi connectivity index (χ1n) is 5.75. The molecule has 1 aliphatic heterocycles. The van der Waals surface area contributed by atoms with Gasteiger partial charge in [-0.05, 0) is 37.1 Å². The van der Waals surface area contributed by atoms with Crippen LogP contribution in [0.4, 0.5) is 14.9 Å². The molecule has 1 unspecified atom stereocenters. The smallest absolute Gasteiger partial charge is 0.322 e. The highest BCUT2D eigenvalue weighted by atomic mass is 19.1. The molecule has 0 spiro atoms. The lowest BCUT2D eigenvalue weighted by molar-refractivity contribution is 0.216. The Morgan fingerprint density at radius 1 is 1.44 bits per heavy atom. The molecule has 1 aliphatic rings. The van der Waals surface area contributed by atoms with E-state index < -0.39 is 0 Å². The first kappa shape index (κ1) is 12.3. The summed E-state index contributed by atoms with van der Waals surface area (Å²) in [5, 5.41) is 10.1. The number of hydrogen-bond acceptors (Lipinski definition) is 2. The summed E-state index contributed by atoms with van der Waals surface area (Å²) in [6, 6.07) is 4.91. The van der Waals surface area contributed by atoms with E-state index in [4.69, 9.17) is 11.1 Å². The summed E-state index contributed by atoms with van der Waals surface area (Å²) in [4.78, 5) is 13.5. The summed E-state index contributed by atoms with van der Waals surface area (Å²) < 4.78 is 12.7. The fourth-order valence-corrected chi connectivity index (χ4v) is 2.06. The van der Waals surface area contributed by atoms with Gasteiger partial charge in [0.2, 0.25) is 0 Å². The van der Waals surface area contributed by atoms with Crippen LogP contribution in [0, 0.1) is 11.2 Å². The summed E-state index contributed by atoms with van der Waals surface area (Å²) in [7, 11) is 0. The van der Waals surface area contributed by atoms with Crippen LogP contribution in [0.5, 0.6) is 0 Å². The predicted octanol–water partition coefficient (Wildman–Crippen LogP) is 1.76. The number of carbonyl (C=O) groups excluding carboxylic acids is 1. The van der Waals surface area contributed by atoms with Gasteiger partial charge >= 0.3 is 6.03 Å². The lowest BCUT2D eigenvalue weighted by Gasteiger charge is -2.23. The van der Waals surface area contributed by atoms with E-state index in [-0.39, 0.29) is 23.7 Å². The highest BCUT2D eigenvalue weighted by Gasteiger charge is 2.30. The Kier molecular flexibility index (Phi) is 3.45. The van der Waals surface area contributed by atoms with Crippen molar-refractivity contribution in [2.45, 2.75) is 18.9 Å². The van der Waals surface area contributed by atoms with Crippen LogP contribution in [0.15, 0.2) is 24.3 Å². The summed E-state index contributed by atoms with van der Waals surface area (Å²) in [5.41, 5.74) is 5.97. The van der Waals surface area contributed by atoms with Crippen molar-refractivity contribution in [2.75, 3.05) is 11.9 Å². The molecule has 2 rings (SSSR count). The number of urea groups is 1. The van der Waals surface area contributed by atoms with E-state index in [0.717, 1.165) is 6.42 Å². The Morgan fingerprint density at radius 2 is 2.11 bits per heavy atom. The summed E-state index contributed by atoms with van der Waals surface area (Å²) >= 11 is 0. The minimum absolute atomic E-state index is 0.00163. The maximum Gasteiger partial charge on any atom is 0.322 e. The highest BCUT2D eigenvalue weighted by Crippen LogP contribution is 2.18. The van der Waals surface area contributed by atoms with Gasteiger partial charge in [-0.1, -0.05) is 0 Å². The monoisotopic (exact) mass is 250 g/mol. The second-order valence-electron chi connectivity index (χ2n) is 4.24. The van der Waals surface area contributed by atoms with Crippen molar-refractivity contribution < 1.29 is 9.18 Å². The third kappa shape index (κ3) is 2.58. The molecule has 1 atom stereocenters. The average molecular weight is 250 g/mol. The van der Waals surface area contributed by atoms with Crippen LogP contribution in [0.3, 0.4) is 0 Å². The number of halogens is 1. The van der Waals surface area contributed by atoms with E-state index in [2.05, 4.69) is 5.32 Å². The first-order chi connectivity index (χ1) is 8.58. The Morgan fingerprint density at radius 3 is 2.72 bits per heavy atom. The number of amidine groups is 1. The first-order valence-corrected chi connectivity index (χ1v) is 5.75. The molecule has 0 aliphatic carbocycles. The molecule has 1 fully saturated rings. The molecule has 6 heteroatoms. The van der Waals surface area contributed by atoms with Gasteiger partial charge in [0.1, 0.15) is 11.7 Å². The van der Waals surface area contributed by atoms with Crippen LogP contribution in [0.1, 0.15) is 12.8 Å². The number of likely N-dealkylation sites (tertiary alicyclic amines) is 1. The maximum atomic E-state index is 12.7. The van der Waals surface area contributed by atoms with Gasteiger partial charge in [0, 0.05) is 12.2 Å². The van der Waals surface area contributed by atoms with E-state index in [1.807, 2.05) is 0 Å². The Labute approximate surface area is 104 Å². The van der Waals surface area contributed by atoms with E-state index in [9.17, 15) is 9.18 Å². The molecule has 1 aromatic rings. The van der Waals surface area contributed by atoms with Gasteiger partial charge in [0.15, 0.2) is 0 Å². The third-order valence-corrected chi connectivity index (χ3v) is 2.97. The molecule has 0 radical (unpaired) electrons. The fraction of sp³-hybridized carbons (Fsp3) is 0.333. The fourth-order valence-electron chi connectivity index (χ4n) is 2.06. The molecule has 18 heavy (non-hydrogen) atoms. The van der Waals surface area contributed by atoms with Gasteiger partial charge < -0.3 is 16.0 Å². The number of nitrogens with one attached hydrogen (secondary N) is 2. The van der Waals surface area contributed by atoms with Crippen molar-refractivity contribution in [1.29, 1.82) is 5.41 Å². The number of benzene rings is 1. The predicted molar refractivity (Wildman–Crippen MR) is 67.1 cm³/mol. The minimum atomic E-state index is -0.351. The van der Waals surface area contributed by atoms with E-state index >= 15 is 0 Å². The quantitative estimate of drug-likeness (QED) is 0.552. The molecule has 96 valence electrons. The number of carbonyl (C=O) groups is 1. The number of nitrogens with two attached hydrogens (primary N) is 1. The molecule has 5 nitrogen and oxygen atoms in total. The number of rotatable bonds is 2. The summed E-state index contributed by atoms with van der Waals surface area (Å²) in [5.74, 6) is -0.349. The highest BCUT2D eigenvalue weighted by molar-refractivity contribution is 5.94. The molecule has 1 saturated heterocycles. The minimum Gasteiger partial charge on any atom is -0.386 e. The van der Waals surface area contributed by atoms with Crippen LogP contribution in [0.2, 0.25) is 0 Å². The normalized spacial score (nSPS) is 18.7. The number of anilines is 1. The van der Waals surface area contributed by atoms with Gasteiger partial charge in [-0.3, -0.25) is 5.41 Å². The van der Waals surface area contributed by atoms with Crippen molar-refractivity contribution in [2.24, 2.45) is 5.73 Å². The van der Waals surface area contributed by atoms with Crippen LogP contribution < -0.4 is 11.1 Å². The third-order valence-electron chi connectivity index (χ3n) is 2.97. The van der Waals surface area contributed by atoms with Crippen LogP contribution >= 0.6 is 0 Å². The van der Waals surface area contributed by atoms with Crippen LogP contribution in [-0.4, -0.2) is 29.4 Å². The van der Waals surface area contributed by atoms with E-state index in [1.165, 1.54) is 29.2 Å². The van der Waals surface area contributed by atoms with Crippen LogP contribution in [-0.2, 0) is 0 Å². The van der Waals surface area contributed by atoms with E-state index in [0.29, 0.717) is 18.7 Å². The maximum absolute atomic E-state index is 12.7. The molecule has 4 N–H and O–H groups in total. The molecule has 0 saturated carbocycles.